The van der Waals surface area contributed by atoms with Crippen LogP contribution in [0.2, 0.25) is 0 Å². The molecule has 1 unspecified atom stereocenters. The molecule has 0 fully saturated rings. The third-order valence-electron chi connectivity index (χ3n) is 1.56. The molecule has 1 atom stereocenters. The first kappa shape index (κ1) is 9.68. The van der Waals surface area contributed by atoms with Gasteiger partial charge in [0, 0.05) is 10.5 Å². The van der Waals surface area contributed by atoms with Crippen molar-refractivity contribution in [1.29, 1.82) is 0 Å². The first-order valence-electron chi connectivity index (χ1n) is 3.79. The number of hydrogen-bond donors (Lipinski definition) is 1. The first-order valence-corrected chi connectivity index (χ1v) is 4.58. The Morgan fingerprint density at radius 3 is 2.75 bits per heavy atom. The highest BCUT2D eigenvalue weighted by Gasteiger charge is 2.03. The molecule has 3 heteroatoms. The van der Waals surface area contributed by atoms with Crippen LogP contribution in [0.3, 0.4) is 0 Å². The van der Waals surface area contributed by atoms with Crippen LogP contribution in [0, 0.1) is 5.82 Å². The van der Waals surface area contributed by atoms with E-state index in [0.717, 1.165) is 16.5 Å². The van der Waals surface area contributed by atoms with Crippen LogP contribution in [-0.2, 0) is 6.42 Å². The Labute approximate surface area is 79.9 Å². The first-order chi connectivity index (χ1) is 5.59. The Hall–Kier alpha value is -0.410. The van der Waals surface area contributed by atoms with Crippen LogP contribution in [0.15, 0.2) is 22.7 Å². The van der Waals surface area contributed by atoms with E-state index in [1.165, 1.54) is 12.1 Å². The molecular formula is C9H11BrFN. The lowest BCUT2D eigenvalue weighted by molar-refractivity contribution is 0.624. The Balaban J connectivity index is 2.86. The minimum Gasteiger partial charge on any atom is -0.328 e. The van der Waals surface area contributed by atoms with Crippen LogP contribution in [0.1, 0.15) is 12.5 Å². The van der Waals surface area contributed by atoms with Gasteiger partial charge in [-0.25, -0.2) is 4.39 Å². The summed E-state index contributed by atoms with van der Waals surface area (Å²) in [6.45, 7) is 1.93. The summed E-state index contributed by atoms with van der Waals surface area (Å²) < 4.78 is 13.4. The van der Waals surface area contributed by atoms with E-state index in [-0.39, 0.29) is 11.9 Å². The summed E-state index contributed by atoms with van der Waals surface area (Å²) in [5.74, 6) is -0.227. The minimum absolute atomic E-state index is 0.103. The molecule has 1 aromatic rings. The average Bonchev–Trinajstić information content (AvgIpc) is 1.94. The predicted octanol–water partition coefficient (Wildman–Crippen LogP) is 2.48. The van der Waals surface area contributed by atoms with Gasteiger partial charge in [-0.2, -0.15) is 0 Å². The molecule has 1 nitrogen and oxygen atoms in total. The number of benzene rings is 1. The van der Waals surface area contributed by atoms with Gasteiger partial charge in [0.2, 0.25) is 0 Å². The van der Waals surface area contributed by atoms with E-state index in [2.05, 4.69) is 15.9 Å². The zero-order chi connectivity index (χ0) is 9.14. The van der Waals surface area contributed by atoms with E-state index in [4.69, 9.17) is 5.73 Å². The molecule has 0 saturated heterocycles. The van der Waals surface area contributed by atoms with E-state index < -0.39 is 0 Å². The molecule has 0 saturated carbocycles. The second-order valence-electron chi connectivity index (χ2n) is 2.92. The standard InChI is InChI=1S/C9H11BrFN/c1-6(12)4-7-2-3-8(11)5-9(7)10/h2-3,5-6H,4,12H2,1H3. The van der Waals surface area contributed by atoms with E-state index >= 15 is 0 Å². The van der Waals surface area contributed by atoms with Crippen LogP contribution in [0.4, 0.5) is 4.39 Å². The largest absolute Gasteiger partial charge is 0.328 e. The molecule has 2 N–H and O–H groups in total. The molecule has 0 aliphatic heterocycles. The highest BCUT2D eigenvalue weighted by Crippen LogP contribution is 2.18. The molecule has 0 aliphatic carbocycles. The van der Waals surface area contributed by atoms with Crippen LogP contribution in [0.25, 0.3) is 0 Å². The van der Waals surface area contributed by atoms with Crippen LogP contribution in [-0.4, -0.2) is 6.04 Å². The molecular weight excluding hydrogens is 221 g/mol. The van der Waals surface area contributed by atoms with Gasteiger partial charge in [0.1, 0.15) is 5.82 Å². The fourth-order valence-electron chi connectivity index (χ4n) is 1.03. The van der Waals surface area contributed by atoms with Gasteiger partial charge in [0.25, 0.3) is 0 Å². The quantitative estimate of drug-likeness (QED) is 0.832. The van der Waals surface area contributed by atoms with E-state index in [1.807, 2.05) is 6.92 Å². The number of rotatable bonds is 2. The van der Waals surface area contributed by atoms with Crippen molar-refractivity contribution in [2.75, 3.05) is 0 Å². The van der Waals surface area contributed by atoms with Crippen molar-refractivity contribution < 1.29 is 4.39 Å². The van der Waals surface area contributed by atoms with Gasteiger partial charge >= 0.3 is 0 Å². The summed E-state index contributed by atoms with van der Waals surface area (Å²) in [7, 11) is 0. The van der Waals surface area contributed by atoms with E-state index in [0.29, 0.717) is 0 Å². The van der Waals surface area contributed by atoms with Crippen molar-refractivity contribution in [3.05, 3.63) is 34.1 Å². The minimum atomic E-state index is -0.227. The Bertz CT molecular complexity index is 273. The summed E-state index contributed by atoms with van der Waals surface area (Å²) in [5.41, 5.74) is 6.66. The van der Waals surface area contributed by atoms with Crippen molar-refractivity contribution in [2.45, 2.75) is 19.4 Å². The normalized spacial score (nSPS) is 13.0. The molecule has 0 aromatic heterocycles. The molecule has 0 heterocycles. The maximum atomic E-state index is 12.6. The van der Waals surface area contributed by atoms with Crippen molar-refractivity contribution in [2.24, 2.45) is 5.73 Å². The molecule has 0 radical (unpaired) electrons. The fourth-order valence-corrected chi connectivity index (χ4v) is 1.55. The molecule has 1 rings (SSSR count). The molecule has 0 spiro atoms. The van der Waals surface area contributed by atoms with Crippen molar-refractivity contribution in [1.82, 2.24) is 0 Å². The van der Waals surface area contributed by atoms with Crippen LogP contribution >= 0.6 is 15.9 Å². The maximum Gasteiger partial charge on any atom is 0.124 e. The van der Waals surface area contributed by atoms with Gasteiger partial charge in [-0.1, -0.05) is 22.0 Å². The fraction of sp³-hybridized carbons (Fsp3) is 0.333. The highest BCUT2D eigenvalue weighted by atomic mass is 79.9. The van der Waals surface area contributed by atoms with Crippen molar-refractivity contribution in [3.63, 3.8) is 0 Å². The van der Waals surface area contributed by atoms with Gasteiger partial charge in [0.05, 0.1) is 0 Å². The Morgan fingerprint density at radius 1 is 1.58 bits per heavy atom. The lowest BCUT2D eigenvalue weighted by Gasteiger charge is -2.06. The Morgan fingerprint density at radius 2 is 2.25 bits per heavy atom. The zero-order valence-electron chi connectivity index (χ0n) is 6.85. The van der Waals surface area contributed by atoms with Crippen molar-refractivity contribution >= 4 is 15.9 Å². The van der Waals surface area contributed by atoms with Gasteiger partial charge in [-0.05, 0) is 31.0 Å². The summed E-state index contributed by atoms with van der Waals surface area (Å²) in [6.07, 6.45) is 0.765. The summed E-state index contributed by atoms with van der Waals surface area (Å²) in [6, 6.07) is 4.76. The zero-order valence-corrected chi connectivity index (χ0v) is 8.44. The highest BCUT2D eigenvalue weighted by molar-refractivity contribution is 9.10. The van der Waals surface area contributed by atoms with Gasteiger partial charge in [-0.3, -0.25) is 0 Å². The summed E-state index contributed by atoms with van der Waals surface area (Å²) in [5, 5.41) is 0. The molecule has 66 valence electrons. The van der Waals surface area contributed by atoms with E-state index in [9.17, 15) is 4.39 Å². The van der Waals surface area contributed by atoms with Gasteiger partial charge in [0.15, 0.2) is 0 Å². The second-order valence-corrected chi connectivity index (χ2v) is 3.77. The second kappa shape index (κ2) is 4.01. The Kier molecular flexibility index (Phi) is 3.23. The maximum absolute atomic E-state index is 12.6. The molecule has 1 aromatic carbocycles. The van der Waals surface area contributed by atoms with E-state index in [1.54, 1.807) is 6.07 Å². The third kappa shape index (κ3) is 2.57. The van der Waals surface area contributed by atoms with Crippen LogP contribution in [0.5, 0.6) is 0 Å². The third-order valence-corrected chi connectivity index (χ3v) is 2.30. The van der Waals surface area contributed by atoms with Crippen LogP contribution < -0.4 is 5.73 Å². The van der Waals surface area contributed by atoms with Gasteiger partial charge < -0.3 is 5.73 Å². The number of nitrogens with two attached hydrogens (primary N) is 1. The average molecular weight is 232 g/mol. The SMILES string of the molecule is CC(N)Cc1ccc(F)cc1Br. The molecule has 0 amide bonds. The smallest absolute Gasteiger partial charge is 0.124 e. The summed E-state index contributed by atoms with van der Waals surface area (Å²) >= 11 is 3.28. The monoisotopic (exact) mass is 231 g/mol. The lowest BCUT2D eigenvalue weighted by Crippen LogP contribution is -2.17. The number of hydrogen-bond acceptors (Lipinski definition) is 1. The molecule has 12 heavy (non-hydrogen) atoms. The van der Waals surface area contributed by atoms with Gasteiger partial charge in [-0.15, -0.1) is 0 Å². The predicted molar refractivity (Wildman–Crippen MR) is 51.5 cm³/mol. The summed E-state index contributed by atoms with van der Waals surface area (Å²) in [4.78, 5) is 0. The number of halogens is 2. The lowest BCUT2D eigenvalue weighted by atomic mass is 10.1. The topological polar surface area (TPSA) is 26.0 Å². The molecule has 0 aliphatic rings. The molecule has 0 bridgehead atoms. The van der Waals surface area contributed by atoms with Crippen molar-refractivity contribution in [3.8, 4) is 0 Å².